The average molecular weight is 391 g/mol. The molecule has 7 heteroatoms. The molecule has 1 aromatic carbocycles. The van der Waals surface area contributed by atoms with E-state index >= 15 is 0 Å². The van der Waals surface area contributed by atoms with Crippen molar-refractivity contribution < 1.29 is 4.79 Å². The second kappa shape index (κ2) is 7.56. The van der Waals surface area contributed by atoms with Gasteiger partial charge in [0.15, 0.2) is 5.82 Å². The molecular formula is C19H20Cl2N4O. The number of amides is 1. The van der Waals surface area contributed by atoms with Crippen molar-refractivity contribution in [1.29, 1.82) is 0 Å². The first-order chi connectivity index (χ1) is 12.1. The Morgan fingerprint density at radius 3 is 2.85 bits per heavy atom. The van der Waals surface area contributed by atoms with E-state index in [1.165, 1.54) is 6.42 Å². The highest BCUT2D eigenvalue weighted by Crippen LogP contribution is 2.30. The topological polar surface area (TPSA) is 69.8 Å². The largest absolute Gasteiger partial charge is 0.358 e. The molecule has 26 heavy (non-hydrogen) atoms. The highest BCUT2D eigenvalue weighted by atomic mass is 35.5. The van der Waals surface area contributed by atoms with Crippen LogP contribution in [-0.2, 0) is 0 Å². The normalized spacial score (nSPS) is 13.8. The number of fused-ring (bicyclic) bond motifs is 1. The van der Waals surface area contributed by atoms with Gasteiger partial charge in [-0.1, -0.05) is 17.7 Å². The van der Waals surface area contributed by atoms with Gasteiger partial charge in [0.05, 0.1) is 11.1 Å². The zero-order valence-electron chi connectivity index (χ0n) is 14.3. The Morgan fingerprint density at radius 2 is 2.15 bits per heavy atom. The fourth-order valence-corrected chi connectivity index (χ4v) is 3.29. The van der Waals surface area contributed by atoms with Crippen molar-refractivity contribution in [2.45, 2.75) is 32.2 Å². The van der Waals surface area contributed by atoms with Crippen LogP contribution in [0.25, 0.3) is 10.9 Å². The zero-order valence-corrected chi connectivity index (χ0v) is 15.9. The monoisotopic (exact) mass is 390 g/mol. The van der Waals surface area contributed by atoms with Crippen LogP contribution in [-0.4, -0.2) is 21.9 Å². The lowest BCUT2D eigenvalue weighted by Crippen LogP contribution is -2.39. The molecule has 1 amide bonds. The summed E-state index contributed by atoms with van der Waals surface area (Å²) in [7, 11) is 0. The van der Waals surface area contributed by atoms with Crippen LogP contribution in [0.3, 0.4) is 0 Å². The molecule has 3 aromatic rings. The highest BCUT2D eigenvalue weighted by molar-refractivity contribution is 6.30. The van der Waals surface area contributed by atoms with E-state index in [1.807, 2.05) is 37.4 Å². The Kier molecular flexibility index (Phi) is 5.39. The van der Waals surface area contributed by atoms with E-state index in [4.69, 9.17) is 11.6 Å². The Bertz CT molecular complexity index is 950. The number of hydrogen-bond donors (Lipinski definition) is 3. The van der Waals surface area contributed by atoms with E-state index < -0.39 is 0 Å². The van der Waals surface area contributed by atoms with Gasteiger partial charge in [0.2, 0.25) is 0 Å². The van der Waals surface area contributed by atoms with Gasteiger partial charge in [-0.25, -0.2) is 4.98 Å². The Balaban J connectivity index is 0.00000196. The van der Waals surface area contributed by atoms with Gasteiger partial charge in [-0.15, -0.1) is 12.4 Å². The quantitative estimate of drug-likeness (QED) is 0.588. The number of halogens is 2. The lowest BCUT2D eigenvalue weighted by Gasteiger charge is -2.26. The highest BCUT2D eigenvalue weighted by Gasteiger charge is 2.23. The summed E-state index contributed by atoms with van der Waals surface area (Å²) in [5, 5.41) is 7.91. The molecule has 0 bridgehead atoms. The molecule has 0 spiro atoms. The van der Waals surface area contributed by atoms with Gasteiger partial charge in [0.25, 0.3) is 5.91 Å². The number of carbonyl (C=O) groups is 1. The SMILES string of the molecule is Cc1c[nH]c2c(Nc3cccc(Cl)c3)ncc(C(=O)NC3CCC3)c12.Cl. The van der Waals surface area contributed by atoms with Gasteiger partial charge < -0.3 is 15.6 Å². The Morgan fingerprint density at radius 1 is 1.35 bits per heavy atom. The van der Waals surface area contributed by atoms with Crippen molar-refractivity contribution in [2.75, 3.05) is 5.32 Å². The third-order valence-electron chi connectivity index (χ3n) is 4.68. The van der Waals surface area contributed by atoms with Gasteiger partial charge >= 0.3 is 0 Å². The summed E-state index contributed by atoms with van der Waals surface area (Å²) in [5.41, 5.74) is 3.29. The molecule has 3 N–H and O–H groups in total. The number of benzene rings is 1. The number of hydrogen-bond acceptors (Lipinski definition) is 3. The Labute approximate surface area is 163 Å². The molecule has 1 fully saturated rings. The van der Waals surface area contributed by atoms with E-state index in [2.05, 4.69) is 20.6 Å². The molecule has 1 aliphatic rings. The smallest absolute Gasteiger partial charge is 0.253 e. The summed E-state index contributed by atoms with van der Waals surface area (Å²) >= 11 is 6.05. The minimum absolute atomic E-state index is 0. The van der Waals surface area contributed by atoms with Gasteiger partial charge in [0.1, 0.15) is 0 Å². The van der Waals surface area contributed by atoms with Crippen molar-refractivity contribution >= 4 is 52.3 Å². The van der Waals surface area contributed by atoms with Crippen molar-refractivity contribution in [1.82, 2.24) is 15.3 Å². The third kappa shape index (κ3) is 3.50. The second-order valence-electron chi connectivity index (χ2n) is 6.48. The molecule has 1 saturated carbocycles. The molecule has 5 nitrogen and oxygen atoms in total. The fraction of sp³-hybridized carbons (Fsp3) is 0.263. The summed E-state index contributed by atoms with van der Waals surface area (Å²) in [4.78, 5) is 20.3. The average Bonchev–Trinajstić information content (AvgIpc) is 2.94. The van der Waals surface area contributed by atoms with Crippen molar-refractivity contribution in [3.8, 4) is 0 Å². The van der Waals surface area contributed by atoms with Crippen LogP contribution < -0.4 is 10.6 Å². The number of H-pyrrole nitrogens is 1. The van der Waals surface area contributed by atoms with E-state index in [0.717, 1.165) is 35.0 Å². The van der Waals surface area contributed by atoms with Crippen molar-refractivity contribution in [3.05, 3.63) is 52.8 Å². The third-order valence-corrected chi connectivity index (χ3v) is 4.91. The fourth-order valence-electron chi connectivity index (χ4n) is 3.10. The Hall–Kier alpha value is -2.24. The van der Waals surface area contributed by atoms with Gasteiger partial charge in [-0.05, 0) is 49.9 Å². The summed E-state index contributed by atoms with van der Waals surface area (Å²) in [5.74, 6) is 0.616. The number of carbonyl (C=O) groups excluding carboxylic acids is 1. The van der Waals surface area contributed by atoms with Crippen molar-refractivity contribution in [2.24, 2.45) is 0 Å². The number of aryl methyl sites for hydroxylation is 1. The van der Waals surface area contributed by atoms with E-state index in [1.54, 1.807) is 6.20 Å². The maximum atomic E-state index is 12.6. The lowest BCUT2D eigenvalue weighted by molar-refractivity contribution is 0.0918. The van der Waals surface area contributed by atoms with Gasteiger partial charge in [-0.2, -0.15) is 0 Å². The summed E-state index contributed by atoms with van der Waals surface area (Å²) in [6.45, 7) is 1.99. The molecule has 0 saturated heterocycles. The zero-order chi connectivity index (χ0) is 17.4. The standard InChI is InChI=1S/C19H19ClN4O.ClH/c1-11-9-21-17-16(11)15(19(25)24-13-5-3-6-13)10-22-18(17)23-14-7-2-4-12(20)8-14;/h2,4,7-10,13,21H,3,5-6H2,1H3,(H,22,23)(H,24,25);1H. The molecular weight excluding hydrogens is 371 g/mol. The minimum atomic E-state index is -0.0563. The van der Waals surface area contributed by atoms with Crippen LogP contribution >= 0.6 is 24.0 Å². The molecule has 0 radical (unpaired) electrons. The summed E-state index contributed by atoms with van der Waals surface area (Å²) < 4.78 is 0. The number of nitrogens with one attached hydrogen (secondary N) is 3. The first-order valence-electron chi connectivity index (χ1n) is 8.42. The maximum absolute atomic E-state index is 12.6. The van der Waals surface area contributed by atoms with Crippen molar-refractivity contribution in [3.63, 3.8) is 0 Å². The lowest BCUT2D eigenvalue weighted by atomic mass is 9.93. The molecule has 0 unspecified atom stereocenters. The minimum Gasteiger partial charge on any atom is -0.358 e. The molecule has 1 aliphatic carbocycles. The van der Waals surface area contributed by atoms with Crippen LogP contribution in [0.1, 0.15) is 35.2 Å². The number of rotatable bonds is 4. The van der Waals surface area contributed by atoms with E-state index in [9.17, 15) is 4.79 Å². The summed E-state index contributed by atoms with van der Waals surface area (Å²) in [6.07, 6.45) is 6.84. The molecule has 4 rings (SSSR count). The predicted octanol–water partition coefficient (Wildman–Crippen LogP) is 4.97. The molecule has 0 aliphatic heterocycles. The first kappa shape index (κ1) is 18.5. The predicted molar refractivity (Wildman–Crippen MR) is 108 cm³/mol. The number of aromatic nitrogens is 2. The van der Waals surface area contributed by atoms with Crippen LogP contribution in [0.15, 0.2) is 36.7 Å². The molecule has 0 atom stereocenters. The maximum Gasteiger partial charge on any atom is 0.253 e. The summed E-state index contributed by atoms with van der Waals surface area (Å²) in [6, 6.07) is 7.75. The number of anilines is 2. The first-order valence-corrected chi connectivity index (χ1v) is 8.80. The van der Waals surface area contributed by atoms with Crippen LogP contribution in [0.5, 0.6) is 0 Å². The van der Waals surface area contributed by atoms with Crippen LogP contribution in [0.2, 0.25) is 5.02 Å². The number of pyridine rings is 1. The van der Waals surface area contributed by atoms with E-state index in [0.29, 0.717) is 22.4 Å². The molecule has 2 aromatic heterocycles. The second-order valence-corrected chi connectivity index (χ2v) is 6.92. The van der Waals surface area contributed by atoms with Crippen LogP contribution in [0, 0.1) is 6.92 Å². The number of aromatic amines is 1. The molecule has 2 heterocycles. The molecule has 136 valence electrons. The van der Waals surface area contributed by atoms with E-state index in [-0.39, 0.29) is 18.3 Å². The van der Waals surface area contributed by atoms with Gasteiger partial charge in [-0.3, -0.25) is 4.79 Å². The van der Waals surface area contributed by atoms with Gasteiger partial charge in [0, 0.05) is 34.5 Å². The van der Waals surface area contributed by atoms with Crippen LogP contribution in [0.4, 0.5) is 11.5 Å². The number of nitrogens with zero attached hydrogens (tertiary/aromatic N) is 1.